The van der Waals surface area contributed by atoms with Crippen molar-refractivity contribution in [3.05, 3.63) is 137 Å². The maximum absolute atomic E-state index is 14.2. The number of carbonyl (C=O) groups is 1. The second-order valence-electron chi connectivity index (χ2n) is 17.6. The number of aliphatic hydroxyl groups excluding tert-OH is 2. The van der Waals surface area contributed by atoms with Gasteiger partial charge < -0.3 is 30.6 Å². The van der Waals surface area contributed by atoms with E-state index in [2.05, 4.69) is 38.6 Å². The minimum absolute atomic E-state index is 0.0482. The van der Waals surface area contributed by atoms with Gasteiger partial charge in [0.25, 0.3) is 25.8 Å². The van der Waals surface area contributed by atoms with Crippen LogP contribution in [0.5, 0.6) is 0 Å². The van der Waals surface area contributed by atoms with Crippen molar-refractivity contribution in [2.75, 3.05) is 82.0 Å². The first kappa shape index (κ1) is 53.1. The van der Waals surface area contributed by atoms with Gasteiger partial charge in [-0.15, -0.1) is 11.8 Å². The maximum Gasteiger partial charge on any atom is 0.501 e. The molecule has 2 aliphatic rings. The molecule has 20 heteroatoms. The lowest BCUT2D eigenvalue weighted by Gasteiger charge is -2.36. The Bertz CT molecular complexity index is 2760. The van der Waals surface area contributed by atoms with E-state index in [4.69, 9.17) is 11.6 Å². The van der Waals surface area contributed by atoms with Crippen molar-refractivity contribution < 1.29 is 45.0 Å². The van der Waals surface area contributed by atoms with Gasteiger partial charge in [-0.05, 0) is 128 Å². The molecule has 5 aromatic carbocycles. The van der Waals surface area contributed by atoms with Crippen molar-refractivity contribution in [2.24, 2.45) is 5.92 Å². The number of likely N-dealkylation sites (N-methyl/N-ethyl adjacent to an activating group) is 1. The first-order valence-electron chi connectivity index (χ1n) is 23.0. The molecule has 2 atom stereocenters. The SMILES string of the molecule is CN(CCO)CCC(CSc1ccccc1)Nc1ccc(S(=O)(=O)NC(=O)c2ccc(N3CCC([C@@H](O)c4cc(CN5CCNCC5)ccc4-c4ccc(Cl)cc4)CC3)cc2)cc1S(=O)(=O)C(F)(F)F. The number of carbonyl (C=O) groups excluding carboxylic acids is 1. The number of alkyl halides is 3. The fourth-order valence-corrected chi connectivity index (χ4v) is 11.8. The summed E-state index contributed by atoms with van der Waals surface area (Å²) in [6.07, 6.45) is 0.924. The van der Waals surface area contributed by atoms with Crippen molar-refractivity contribution in [1.29, 1.82) is 0 Å². The van der Waals surface area contributed by atoms with Gasteiger partial charge >= 0.3 is 5.51 Å². The van der Waals surface area contributed by atoms with Gasteiger partial charge in [0, 0.05) is 85.3 Å². The third-order valence-corrected chi connectivity index (χ3v) is 16.9. The number of sulfonamides is 1. The highest BCUT2D eigenvalue weighted by Gasteiger charge is 2.48. The summed E-state index contributed by atoms with van der Waals surface area (Å²) in [6.45, 7) is 6.34. The van der Waals surface area contributed by atoms with Crippen molar-refractivity contribution in [3.63, 3.8) is 0 Å². The standard InChI is InChI=1S/C50H58ClF3N6O7S3/c1-58(29-30-61)24-21-40(34-68-42-5-3-2-4-6-42)56-46-18-16-43(32-47(46)69(64,65)50(52,53)54)70(66,67)57-49(63)38-10-14-41(15-11-38)60-25-19-37(20-26-60)48(62)45-31-35(33-59-27-22-55-23-28-59)7-17-44(45)36-8-12-39(51)13-9-36/h2-18,31-32,37,40,48,55-56,61-62H,19-30,33-34H2,1H3,(H,57,63)/t40?,48-/m1/s1. The Morgan fingerprint density at radius 2 is 1.57 bits per heavy atom. The number of rotatable bonds is 20. The predicted octanol–water partition coefficient (Wildman–Crippen LogP) is 7.66. The molecule has 5 aromatic rings. The molecule has 70 heavy (non-hydrogen) atoms. The Morgan fingerprint density at radius 1 is 0.886 bits per heavy atom. The number of hydrogen-bond acceptors (Lipinski definition) is 13. The molecule has 2 aliphatic heterocycles. The van der Waals surface area contributed by atoms with Crippen LogP contribution in [0.25, 0.3) is 11.1 Å². The van der Waals surface area contributed by atoms with Crippen LogP contribution in [0.1, 0.15) is 46.9 Å². The summed E-state index contributed by atoms with van der Waals surface area (Å²) in [4.78, 5) is 18.4. The predicted molar refractivity (Wildman–Crippen MR) is 269 cm³/mol. The fourth-order valence-electron chi connectivity index (χ4n) is 8.69. The number of hydrogen-bond donors (Lipinski definition) is 5. The molecule has 7 rings (SSSR count). The van der Waals surface area contributed by atoms with Crippen LogP contribution in [0.4, 0.5) is 24.5 Å². The Labute approximate surface area is 417 Å². The molecule has 2 heterocycles. The maximum atomic E-state index is 14.2. The first-order chi connectivity index (χ1) is 33.4. The van der Waals surface area contributed by atoms with E-state index in [1.165, 1.54) is 23.9 Å². The molecule has 2 fully saturated rings. The lowest BCUT2D eigenvalue weighted by Crippen LogP contribution is -2.42. The molecule has 0 bridgehead atoms. The zero-order valence-electron chi connectivity index (χ0n) is 38.6. The molecular weight excluding hydrogens is 985 g/mol. The summed E-state index contributed by atoms with van der Waals surface area (Å²) >= 11 is 7.61. The molecule has 2 saturated heterocycles. The van der Waals surface area contributed by atoms with E-state index in [0.29, 0.717) is 62.3 Å². The van der Waals surface area contributed by atoms with Gasteiger partial charge in [0.1, 0.15) is 4.90 Å². The molecule has 0 radical (unpaired) electrons. The number of nitrogens with one attached hydrogen (secondary N) is 3. The highest BCUT2D eigenvalue weighted by atomic mass is 35.5. The molecule has 0 saturated carbocycles. The Morgan fingerprint density at radius 3 is 2.23 bits per heavy atom. The largest absolute Gasteiger partial charge is 0.501 e. The van der Waals surface area contributed by atoms with E-state index in [0.717, 1.165) is 77.7 Å². The second kappa shape index (κ2) is 23.7. The van der Waals surface area contributed by atoms with Crippen molar-refractivity contribution in [3.8, 4) is 11.1 Å². The molecule has 0 aliphatic carbocycles. The fraction of sp³-hybridized carbons (Fsp3) is 0.380. The quantitative estimate of drug-likeness (QED) is 0.0482. The highest BCUT2D eigenvalue weighted by Crippen LogP contribution is 2.39. The molecule has 1 unspecified atom stereocenters. The summed E-state index contributed by atoms with van der Waals surface area (Å²) in [6, 6.07) is 31.0. The molecule has 376 valence electrons. The topological polar surface area (TPSA) is 172 Å². The Hall–Kier alpha value is -4.70. The van der Waals surface area contributed by atoms with Crippen LogP contribution in [-0.4, -0.2) is 126 Å². The minimum atomic E-state index is -6.10. The van der Waals surface area contributed by atoms with Gasteiger partial charge in [-0.3, -0.25) is 9.69 Å². The zero-order valence-corrected chi connectivity index (χ0v) is 41.8. The van der Waals surface area contributed by atoms with Gasteiger partial charge in [0.05, 0.1) is 23.3 Å². The number of nitrogens with zero attached hydrogens (tertiary/aromatic N) is 3. The molecular formula is C50H58ClF3N6O7S3. The van der Waals surface area contributed by atoms with Gasteiger partial charge in [-0.25, -0.2) is 21.6 Å². The third-order valence-electron chi connectivity index (χ3n) is 12.7. The lowest BCUT2D eigenvalue weighted by molar-refractivity contribution is -0.0435. The first-order valence-corrected chi connectivity index (χ1v) is 27.4. The van der Waals surface area contributed by atoms with Gasteiger partial charge in [-0.2, -0.15) is 13.2 Å². The van der Waals surface area contributed by atoms with E-state index >= 15 is 0 Å². The van der Waals surface area contributed by atoms with Crippen LogP contribution in [0, 0.1) is 5.92 Å². The van der Waals surface area contributed by atoms with E-state index < -0.39 is 58.9 Å². The van der Waals surface area contributed by atoms with E-state index in [-0.39, 0.29) is 18.1 Å². The Balaban J connectivity index is 1.02. The van der Waals surface area contributed by atoms with Crippen LogP contribution in [0.2, 0.25) is 5.02 Å². The van der Waals surface area contributed by atoms with Crippen LogP contribution in [0.3, 0.4) is 0 Å². The normalized spacial score (nSPS) is 16.3. The summed E-state index contributed by atoms with van der Waals surface area (Å²) in [5.74, 6) is -0.817. The molecule has 0 spiro atoms. The van der Waals surface area contributed by atoms with Gasteiger partial charge in [-0.1, -0.05) is 60.1 Å². The van der Waals surface area contributed by atoms with E-state index in [1.54, 1.807) is 19.2 Å². The number of anilines is 2. The van der Waals surface area contributed by atoms with Crippen molar-refractivity contribution >= 4 is 60.5 Å². The van der Waals surface area contributed by atoms with Crippen LogP contribution >= 0.6 is 23.4 Å². The van der Waals surface area contributed by atoms with Crippen molar-refractivity contribution in [1.82, 2.24) is 19.8 Å². The number of thioether (sulfide) groups is 1. The molecule has 5 N–H and O–H groups in total. The number of halogens is 4. The monoisotopic (exact) mass is 1040 g/mol. The smallest absolute Gasteiger partial charge is 0.395 e. The Kier molecular flexibility index (Phi) is 18.0. The number of piperazine rings is 1. The van der Waals surface area contributed by atoms with Crippen LogP contribution < -0.4 is 20.3 Å². The lowest BCUT2D eigenvalue weighted by atomic mass is 9.83. The van der Waals surface area contributed by atoms with Crippen LogP contribution in [-0.2, 0) is 26.4 Å². The number of benzene rings is 5. The molecule has 1 amide bonds. The summed E-state index contributed by atoms with van der Waals surface area (Å²) in [5.41, 5.74) is -1.64. The zero-order chi connectivity index (χ0) is 50.1. The number of aliphatic hydroxyl groups is 2. The molecule has 13 nitrogen and oxygen atoms in total. The summed E-state index contributed by atoms with van der Waals surface area (Å²) in [7, 11) is -9.24. The average molecular weight is 1040 g/mol. The van der Waals surface area contributed by atoms with Crippen molar-refractivity contribution in [2.45, 2.75) is 58.1 Å². The summed E-state index contributed by atoms with van der Waals surface area (Å²) in [5, 5.41) is 28.3. The number of piperidine rings is 1. The number of amides is 1. The van der Waals surface area contributed by atoms with Gasteiger partial charge in [0.2, 0.25) is 0 Å². The summed E-state index contributed by atoms with van der Waals surface area (Å²) < 4.78 is 97.7. The highest BCUT2D eigenvalue weighted by molar-refractivity contribution is 7.99. The van der Waals surface area contributed by atoms with E-state index in [9.17, 15) is 45.0 Å². The average Bonchev–Trinajstić information content (AvgIpc) is 3.35. The van der Waals surface area contributed by atoms with E-state index in [1.807, 2.05) is 64.2 Å². The van der Waals surface area contributed by atoms with Crippen LogP contribution in [0.15, 0.2) is 130 Å². The second-order valence-corrected chi connectivity index (χ2v) is 22.7. The molecule has 0 aromatic heterocycles. The third kappa shape index (κ3) is 13.6. The minimum Gasteiger partial charge on any atom is -0.395 e. The van der Waals surface area contributed by atoms with Gasteiger partial charge in [0.15, 0.2) is 0 Å². The number of sulfone groups is 1.